The van der Waals surface area contributed by atoms with Crippen molar-refractivity contribution in [3.05, 3.63) is 10.3 Å². The van der Waals surface area contributed by atoms with Gasteiger partial charge in [0.15, 0.2) is 21.2 Å². The summed E-state index contributed by atoms with van der Waals surface area (Å²) < 4.78 is 4.88. The molecule has 0 spiro atoms. The van der Waals surface area contributed by atoms with E-state index < -0.39 is 0 Å². The van der Waals surface area contributed by atoms with Gasteiger partial charge in [-0.2, -0.15) is 0 Å². The number of methoxy groups -OCH3 is 1. The zero-order valence-corrected chi connectivity index (χ0v) is 8.80. The number of hydrogen-bond donors (Lipinski definition) is 0. The molecule has 0 bridgehead atoms. The molecule has 0 aliphatic heterocycles. The molecule has 66 valence electrons. The molecule has 1 rings (SSSR count). The highest BCUT2D eigenvalue weighted by Crippen LogP contribution is 2.30. The van der Waals surface area contributed by atoms with Crippen molar-refractivity contribution < 1.29 is 4.74 Å². The van der Waals surface area contributed by atoms with E-state index in [2.05, 4.69) is 9.97 Å². The van der Waals surface area contributed by atoms with Crippen molar-refractivity contribution in [2.75, 3.05) is 13.4 Å². The Morgan fingerprint density at radius 2 is 1.75 bits per heavy atom. The fourth-order valence-electron chi connectivity index (χ4n) is 0.639. The molecule has 0 unspecified atom stereocenters. The molecule has 1 heterocycles. The maximum Gasteiger partial charge on any atom is 0.193 e. The average Bonchev–Trinajstić information content (AvgIpc) is 2.03. The zero-order valence-electron chi connectivity index (χ0n) is 6.47. The molecule has 3 nitrogen and oxygen atoms in total. The summed E-state index contributed by atoms with van der Waals surface area (Å²) in [5, 5.41) is 1.01. The standard InChI is InChI=1S/C6H6Cl2N2OS/c1-11-3-4(7)9-6(12-2)10-5(3)8/h1-2H3. The first kappa shape index (κ1) is 9.89. The second-order valence-electron chi connectivity index (χ2n) is 1.83. The minimum absolute atomic E-state index is 0.238. The quantitative estimate of drug-likeness (QED) is 0.440. The van der Waals surface area contributed by atoms with Crippen LogP contribution in [0.1, 0.15) is 0 Å². The molecule has 0 fully saturated rings. The Kier molecular flexibility index (Phi) is 3.43. The molecular weight excluding hydrogens is 219 g/mol. The Morgan fingerprint density at radius 3 is 2.08 bits per heavy atom. The summed E-state index contributed by atoms with van der Waals surface area (Å²) in [6.45, 7) is 0. The highest BCUT2D eigenvalue weighted by molar-refractivity contribution is 7.98. The maximum absolute atomic E-state index is 5.74. The van der Waals surface area contributed by atoms with Crippen molar-refractivity contribution in [2.45, 2.75) is 5.16 Å². The van der Waals surface area contributed by atoms with Gasteiger partial charge in [0.1, 0.15) is 0 Å². The number of thioether (sulfide) groups is 1. The van der Waals surface area contributed by atoms with Crippen molar-refractivity contribution in [1.29, 1.82) is 0 Å². The summed E-state index contributed by atoms with van der Waals surface area (Å²) in [5.41, 5.74) is 0. The minimum Gasteiger partial charge on any atom is -0.491 e. The summed E-state index contributed by atoms with van der Waals surface area (Å²) >= 11 is 12.8. The van der Waals surface area contributed by atoms with Crippen LogP contribution in [0.25, 0.3) is 0 Å². The van der Waals surface area contributed by atoms with E-state index in [1.54, 1.807) is 0 Å². The largest absolute Gasteiger partial charge is 0.491 e. The van der Waals surface area contributed by atoms with E-state index in [-0.39, 0.29) is 10.3 Å². The van der Waals surface area contributed by atoms with Crippen LogP contribution in [-0.2, 0) is 0 Å². The number of hydrogen-bond acceptors (Lipinski definition) is 4. The smallest absolute Gasteiger partial charge is 0.193 e. The molecule has 0 radical (unpaired) electrons. The average molecular weight is 225 g/mol. The first-order valence-electron chi connectivity index (χ1n) is 3.00. The molecule has 1 aromatic heterocycles. The van der Waals surface area contributed by atoms with Crippen LogP contribution < -0.4 is 4.74 Å². The fraction of sp³-hybridized carbons (Fsp3) is 0.333. The second kappa shape index (κ2) is 4.16. The van der Waals surface area contributed by atoms with Crippen LogP contribution in [0.2, 0.25) is 10.3 Å². The van der Waals surface area contributed by atoms with Crippen LogP contribution in [0, 0.1) is 0 Å². The molecule has 0 amide bonds. The van der Waals surface area contributed by atoms with Crippen LogP contribution in [0.3, 0.4) is 0 Å². The number of rotatable bonds is 2. The Balaban J connectivity index is 3.18. The summed E-state index contributed by atoms with van der Waals surface area (Å²) in [6, 6.07) is 0. The van der Waals surface area contributed by atoms with Gasteiger partial charge in [0.05, 0.1) is 7.11 Å². The summed E-state index contributed by atoms with van der Waals surface area (Å²) in [7, 11) is 1.47. The lowest BCUT2D eigenvalue weighted by molar-refractivity contribution is 0.409. The van der Waals surface area contributed by atoms with Gasteiger partial charge in [-0.1, -0.05) is 35.0 Å². The number of ether oxygens (including phenoxy) is 1. The van der Waals surface area contributed by atoms with Gasteiger partial charge in [-0.15, -0.1) is 0 Å². The van der Waals surface area contributed by atoms with Gasteiger partial charge >= 0.3 is 0 Å². The second-order valence-corrected chi connectivity index (χ2v) is 3.31. The highest BCUT2D eigenvalue weighted by Gasteiger charge is 2.10. The van der Waals surface area contributed by atoms with Gasteiger partial charge in [-0.05, 0) is 6.26 Å². The topological polar surface area (TPSA) is 35.0 Å². The van der Waals surface area contributed by atoms with E-state index in [1.165, 1.54) is 18.9 Å². The van der Waals surface area contributed by atoms with Crippen molar-refractivity contribution in [3.8, 4) is 5.75 Å². The van der Waals surface area contributed by atoms with Crippen molar-refractivity contribution >= 4 is 35.0 Å². The summed E-state index contributed by atoms with van der Waals surface area (Å²) in [6.07, 6.45) is 1.84. The highest BCUT2D eigenvalue weighted by atomic mass is 35.5. The molecule has 0 aliphatic rings. The van der Waals surface area contributed by atoms with Gasteiger partial charge in [-0.3, -0.25) is 0 Å². The van der Waals surface area contributed by atoms with Gasteiger partial charge in [-0.25, -0.2) is 9.97 Å². The first-order chi connectivity index (χ1) is 5.69. The molecular formula is C6H6Cl2N2OS. The molecule has 0 aromatic carbocycles. The van der Waals surface area contributed by atoms with Crippen molar-refractivity contribution in [3.63, 3.8) is 0 Å². The Bertz CT molecular complexity index is 272. The van der Waals surface area contributed by atoms with Crippen LogP contribution in [-0.4, -0.2) is 23.3 Å². The minimum atomic E-state index is 0.238. The normalized spacial score (nSPS) is 10.0. The fourth-order valence-corrected chi connectivity index (χ4v) is 1.65. The van der Waals surface area contributed by atoms with E-state index in [4.69, 9.17) is 27.9 Å². The van der Waals surface area contributed by atoms with E-state index in [0.29, 0.717) is 10.9 Å². The number of aromatic nitrogens is 2. The molecule has 1 aromatic rings. The molecule has 0 saturated carbocycles. The molecule has 0 N–H and O–H groups in total. The number of halogens is 2. The van der Waals surface area contributed by atoms with Gasteiger partial charge in [0, 0.05) is 0 Å². The van der Waals surface area contributed by atoms with Gasteiger partial charge in [0.25, 0.3) is 0 Å². The molecule has 0 atom stereocenters. The van der Waals surface area contributed by atoms with E-state index in [0.717, 1.165) is 0 Å². The van der Waals surface area contributed by atoms with Gasteiger partial charge in [0.2, 0.25) is 0 Å². The van der Waals surface area contributed by atoms with E-state index in [1.807, 2.05) is 6.26 Å². The van der Waals surface area contributed by atoms with Crippen LogP contribution in [0.15, 0.2) is 5.16 Å². The van der Waals surface area contributed by atoms with E-state index >= 15 is 0 Å². The third-order valence-electron chi connectivity index (χ3n) is 1.15. The summed E-state index contributed by atoms with van der Waals surface area (Å²) in [5.74, 6) is 0.316. The third kappa shape index (κ3) is 1.94. The van der Waals surface area contributed by atoms with Gasteiger partial charge < -0.3 is 4.74 Å². The first-order valence-corrected chi connectivity index (χ1v) is 4.98. The predicted molar refractivity (Wildman–Crippen MR) is 50.4 cm³/mol. The zero-order chi connectivity index (χ0) is 9.14. The van der Waals surface area contributed by atoms with Crippen LogP contribution in [0.4, 0.5) is 0 Å². The Labute approximate surface area is 84.4 Å². The monoisotopic (exact) mass is 224 g/mol. The van der Waals surface area contributed by atoms with Crippen LogP contribution >= 0.6 is 35.0 Å². The SMILES string of the molecule is COc1c(Cl)nc(SC)nc1Cl. The summed E-state index contributed by atoms with van der Waals surface area (Å²) in [4.78, 5) is 7.86. The van der Waals surface area contributed by atoms with Crippen molar-refractivity contribution in [1.82, 2.24) is 9.97 Å². The van der Waals surface area contributed by atoms with E-state index in [9.17, 15) is 0 Å². The lowest BCUT2D eigenvalue weighted by Gasteiger charge is -2.04. The molecule has 0 aliphatic carbocycles. The Morgan fingerprint density at radius 1 is 1.25 bits per heavy atom. The maximum atomic E-state index is 5.74. The lowest BCUT2D eigenvalue weighted by atomic mass is 10.6. The molecule has 6 heteroatoms. The number of nitrogens with zero attached hydrogens (tertiary/aromatic N) is 2. The van der Waals surface area contributed by atoms with Crippen molar-refractivity contribution in [2.24, 2.45) is 0 Å². The van der Waals surface area contributed by atoms with Crippen LogP contribution in [0.5, 0.6) is 5.75 Å². The lowest BCUT2D eigenvalue weighted by Crippen LogP contribution is -1.93. The molecule has 12 heavy (non-hydrogen) atoms. The Hall–Kier alpha value is -0.190. The predicted octanol–water partition coefficient (Wildman–Crippen LogP) is 2.51. The third-order valence-corrected chi connectivity index (χ3v) is 2.21. The molecule has 0 saturated heterocycles.